The van der Waals surface area contributed by atoms with Crippen LogP contribution in [-0.4, -0.2) is 21.4 Å². The molecule has 0 amide bonds. The lowest BCUT2D eigenvalue weighted by molar-refractivity contribution is 0.0697. The first-order chi connectivity index (χ1) is 17.0. The molecule has 0 fully saturated rings. The van der Waals surface area contributed by atoms with E-state index in [0.29, 0.717) is 17.7 Å². The average molecular weight is 459 g/mol. The molecule has 4 nitrogen and oxygen atoms in total. The van der Waals surface area contributed by atoms with Crippen molar-refractivity contribution in [1.82, 2.24) is 4.57 Å². The van der Waals surface area contributed by atoms with Crippen LogP contribution in [-0.2, 0) is 13.0 Å². The number of hydrogen-bond acceptors (Lipinski definition) is 2. The maximum atomic E-state index is 11.7. The van der Waals surface area contributed by atoms with E-state index in [4.69, 9.17) is 5.41 Å². The monoisotopic (exact) mass is 458 g/mol. The third-order valence-electron chi connectivity index (χ3n) is 6.49. The highest BCUT2D eigenvalue weighted by Crippen LogP contribution is 2.28. The number of aryl methyl sites for hydroxylation is 1. The molecule has 35 heavy (non-hydrogen) atoms. The second kappa shape index (κ2) is 9.43. The van der Waals surface area contributed by atoms with E-state index >= 15 is 0 Å². The summed E-state index contributed by atoms with van der Waals surface area (Å²) in [5, 5.41) is 19.7. The molecule has 0 spiro atoms. The fourth-order valence-electron chi connectivity index (χ4n) is 4.63. The van der Waals surface area contributed by atoms with Gasteiger partial charge < -0.3 is 15.1 Å². The van der Waals surface area contributed by atoms with Gasteiger partial charge in [-0.25, -0.2) is 4.79 Å². The van der Waals surface area contributed by atoms with Crippen LogP contribution in [0.5, 0.6) is 0 Å². The Morgan fingerprint density at radius 3 is 2.37 bits per heavy atom. The standard InChI is InChI=1S/C31H26N2O2/c1-21-15-16-23(25-11-5-6-13-27(25)31(34)35)17-24(21)18-29(32)28-20-33(19-22-9-3-2-4-10-22)30-14-8-7-12-26(28)30/h2-17,20,32H,18-19H2,1H3,(H,34,35). The number of carbonyl (C=O) groups is 1. The summed E-state index contributed by atoms with van der Waals surface area (Å²) in [6.07, 6.45) is 2.55. The minimum atomic E-state index is -0.943. The van der Waals surface area contributed by atoms with Crippen LogP contribution in [0.2, 0.25) is 0 Å². The fraction of sp³-hybridized carbons (Fsp3) is 0.0968. The topological polar surface area (TPSA) is 66.1 Å². The van der Waals surface area contributed by atoms with Crippen LogP contribution in [0.1, 0.15) is 32.6 Å². The number of nitrogens with one attached hydrogen (secondary N) is 1. The quantitative estimate of drug-likeness (QED) is 0.259. The molecule has 1 heterocycles. The van der Waals surface area contributed by atoms with Crippen molar-refractivity contribution in [3.63, 3.8) is 0 Å². The van der Waals surface area contributed by atoms with Crippen LogP contribution in [0.15, 0.2) is 103 Å². The van der Waals surface area contributed by atoms with E-state index in [1.165, 1.54) is 5.56 Å². The molecule has 0 bridgehead atoms. The number of para-hydroxylation sites is 1. The number of hydrogen-bond donors (Lipinski definition) is 2. The van der Waals surface area contributed by atoms with Crippen molar-refractivity contribution in [2.24, 2.45) is 0 Å². The molecule has 2 N–H and O–H groups in total. The lowest BCUT2D eigenvalue weighted by Gasteiger charge is -2.12. The van der Waals surface area contributed by atoms with Crippen molar-refractivity contribution in [3.8, 4) is 11.1 Å². The normalized spacial score (nSPS) is 11.0. The first-order valence-corrected chi connectivity index (χ1v) is 11.6. The summed E-state index contributed by atoms with van der Waals surface area (Å²) in [4.78, 5) is 11.7. The molecule has 0 aliphatic carbocycles. The largest absolute Gasteiger partial charge is 0.478 e. The smallest absolute Gasteiger partial charge is 0.336 e. The van der Waals surface area contributed by atoms with Crippen molar-refractivity contribution in [2.75, 3.05) is 0 Å². The van der Waals surface area contributed by atoms with Crippen molar-refractivity contribution < 1.29 is 9.90 Å². The Hall–Kier alpha value is -4.44. The summed E-state index contributed by atoms with van der Waals surface area (Å²) in [5.41, 5.74) is 7.71. The third kappa shape index (κ3) is 4.51. The molecule has 0 aliphatic heterocycles. The molecule has 0 radical (unpaired) electrons. The Labute approximate surface area is 204 Å². The van der Waals surface area contributed by atoms with Gasteiger partial charge in [-0.1, -0.05) is 84.9 Å². The minimum absolute atomic E-state index is 0.279. The van der Waals surface area contributed by atoms with E-state index in [2.05, 4.69) is 35.0 Å². The summed E-state index contributed by atoms with van der Waals surface area (Å²) >= 11 is 0. The molecule has 0 unspecified atom stereocenters. The van der Waals surface area contributed by atoms with Gasteiger partial charge in [0, 0.05) is 41.3 Å². The molecular weight excluding hydrogens is 432 g/mol. The number of aromatic nitrogens is 1. The van der Waals surface area contributed by atoms with Gasteiger partial charge in [-0.05, 0) is 46.9 Å². The van der Waals surface area contributed by atoms with Gasteiger partial charge in [0.1, 0.15) is 0 Å². The maximum Gasteiger partial charge on any atom is 0.336 e. The lowest BCUT2D eigenvalue weighted by atomic mass is 9.93. The SMILES string of the molecule is Cc1ccc(-c2ccccc2C(=O)O)cc1CC(=N)c1cn(Cc2ccccc2)c2ccccc12. The second-order valence-corrected chi connectivity index (χ2v) is 8.82. The summed E-state index contributed by atoms with van der Waals surface area (Å²) in [6, 6.07) is 31.6. The van der Waals surface area contributed by atoms with E-state index in [1.807, 2.05) is 67.6 Å². The predicted molar refractivity (Wildman–Crippen MR) is 142 cm³/mol. The molecule has 0 atom stereocenters. The number of carboxylic acids is 1. The first kappa shape index (κ1) is 22.4. The zero-order valence-electron chi connectivity index (χ0n) is 19.5. The van der Waals surface area contributed by atoms with E-state index in [1.54, 1.807) is 12.1 Å². The van der Waals surface area contributed by atoms with Gasteiger partial charge in [0.25, 0.3) is 0 Å². The van der Waals surface area contributed by atoms with Crippen LogP contribution >= 0.6 is 0 Å². The van der Waals surface area contributed by atoms with Crippen molar-refractivity contribution in [3.05, 3.63) is 131 Å². The second-order valence-electron chi connectivity index (χ2n) is 8.82. The summed E-state index contributed by atoms with van der Waals surface area (Å²) in [5.74, 6) is -0.943. The van der Waals surface area contributed by atoms with E-state index in [9.17, 15) is 9.90 Å². The Bertz CT molecular complexity index is 1550. The maximum absolute atomic E-state index is 11.7. The number of benzene rings is 4. The van der Waals surface area contributed by atoms with Gasteiger partial charge in [0.2, 0.25) is 0 Å². The zero-order valence-corrected chi connectivity index (χ0v) is 19.5. The van der Waals surface area contributed by atoms with Gasteiger partial charge in [-0.15, -0.1) is 0 Å². The number of nitrogens with zero attached hydrogens (tertiary/aromatic N) is 1. The van der Waals surface area contributed by atoms with Gasteiger partial charge in [-0.2, -0.15) is 0 Å². The van der Waals surface area contributed by atoms with Gasteiger partial charge in [0.15, 0.2) is 0 Å². The Morgan fingerprint density at radius 2 is 1.57 bits per heavy atom. The average Bonchev–Trinajstić information content (AvgIpc) is 3.24. The van der Waals surface area contributed by atoms with Gasteiger partial charge >= 0.3 is 5.97 Å². The Balaban J connectivity index is 1.50. The highest BCUT2D eigenvalue weighted by Gasteiger charge is 2.16. The molecule has 5 rings (SSSR count). The van der Waals surface area contributed by atoms with Crippen LogP contribution in [0, 0.1) is 12.3 Å². The van der Waals surface area contributed by atoms with E-state index in [0.717, 1.165) is 39.7 Å². The predicted octanol–water partition coefficient (Wildman–Crippen LogP) is 6.97. The Morgan fingerprint density at radius 1 is 0.857 bits per heavy atom. The summed E-state index contributed by atoms with van der Waals surface area (Å²) < 4.78 is 2.21. The van der Waals surface area contributed by atoms with Crippen LogP contribution in [0.25, 0.3) is 22.0 Å². The van der Waals surface area contributed by atoms with Gasteiger partial charge in [-0.3, -0.25) is 0 Å². The summed E-state index contributed by atoms with van der Waals surface area (Å²) in [7, 11) is 0. The van der Waals surface area contributed by atoms with E-state index in [-0.39, 0.29) is 5.56 Å². The fourth-order valence-corrected chi connectivity index (χ4v) is 4.63. The summed E-state index contributed by atoms with van der Waals surface area (Å²) in [6.45, 7) is 2.78. The van der Waals surface area contributed by atoms with Crippen LogP contribution in [0.4, 0.5) is 0 Å². The number of aromatic carboxylic acids is 1. The van der Waals surface area contributed by atoms with Crippen molar-refractivity contribution in [2.45, 2.75) is 19.9 Å². The molecule has 4 aromatic carbocycles. The number of fused-ring (bicyclic) bond motifs is 1. The molecule has 0 saturated heterocycles. The third-order valence-corrected chi connectivity index (χ3v) is 6.49. The van der Waals surface area contributed by atoms with Crippen LogP contribution in [0.3, 0.4) is 0 Å². The lowest BCUT2D eigenvalue weighted by Crippen LogP contribution is -2.06. The Kier molecular flexibility index (Phi) is 6.02. The van der Waals surface area contributed by atoms with Crippen molar-refractivity contribution >= 4 is 22.6 Å². The number of carboxylic acid groups (broad SMARTS) is 1. The first-order valence-electron chi connectivity index (χ1n) is 11.6. The van der Waals surface area contributed by atoms with Crippen LogP contribution < -0.4 is 0 Å². The molecule has 1 aromatic heterocycles. The molecule has 4 heteroatoms. The zero-order chi connectivity index (χ0) is 24.4. The van der Waals surface area contributed by atoms with Crippen molar-refractivity contribution in [1.29, 1.82) is 5.41 Å². The minimum Gasteiger partial charge on any atom is -0.478 e. The van der Waals surface area contributed by atoms with E-state index < -0.39 is 5.97 Å². The molecule has 172 valence electrons. The molecular formula is C31H26N2O2. The molecule has 5 aromatic rings. The highest BCUT2D eigenvalue weighted by atomic mass is 16.4. The van der Waals surface area contributed by atoms with Gasteiger partial charge in [0.05, 0.1) is 5.56 Å². The highest BCUT2D eigenvalue weighted by molar-refractivity contribution is 6.10. The molecule has 0 aliphatic rings. The number of rotatable bonds is 7. The molecule has 0 saturated carbocycles.